The van der Waals surface area contributed by atoms with Crippen LogP contribution in [0.1, 0.15) is 25.3 Å². The fourth-order valence-corrected chi connectivity index (χ4v) is 2.01. The molecule has 0 spiro atoms. The molecule has 1 rings (SSSR count). The zero-order chi connectivity index (χ0) is 12.7. The molecule has 0 atom stereocenters. The summed E-state index contributed by atoms with van der Waals surface area (Å²) in [4.78, 5) is 2.23. The van der Waals surface area contributed by atoms with E-state index in [-0.39, 0.29) is 6.61 Å². The van der Waals surface area contributed by atoms with Crippen LogP contribution in [-0.4, -0.2) is 29.7 Å². The Bertz CT molecular complexity index is 344. The Hall–Kier alpha value is -0.280. The van der Waals surface area contributed by atoms with Crippen molar-refractivity contribution in [2.75, 3.05) is 19.7 Å². The van der Waals surface area contributed by atoms with Crippen molar-refractivity contribution in [2.45, 2.75) is 26.3 Å². The molecule has 0 aliphatic heterocycles. The lowest BCUT2D eigenvalue weighted by Crippen LogP contribution is -2.27. The van der Waals surface area contributed by atoms with Gasteiger partial charge in [-0.3, -0.25) is 4.90 Å². The van der Waals surface area contributed by atoms with Crippen LogP contribution in [0.4, 0.5) is 0 Å². The van der Waals surface area contributed by atoms with Crippen LogP contribution < -0.4 is 0 Å². The lowest BCUT2D eigenvalue weighted by molar-refractivity contribution is 0.188. The molecule has 0 fully saturated rings. The van der Waals surface area contributed by atoms with Crippen molar-refractivity contribution in [3.63, 3.8) is 0 Å². The Labute approximate surface area is 113 Å². The van der Waals surface area contributed by atoms with E-state index in [9.17, 15) is 0 Å². The molecule has 4 heteroatoms. The van der Waals surface area contributed by atoms with Gasteiger partial charge in [0, 0.05) is 13.1 Å². The predicted octanol–water partition coefficient (Wildman–Crippen LogP) is 3.59. The first kappa shape index (κ1) is 14.8. The summed E-state index contributed by atoms with van der Waals surface area (Å²) in [7, 11) is 0. The van der Waals surface area contributed by atoms with Gasteiger partial charge in [0.15, 0.2) is 0 Å². The lowest BCUT2D eigenvalue weighted by atomic mass is 10.2. The number of benzene rings is 1. The highest BCUT2D eigenvalue weighted by atomic mass is 35.5. The number of rotatable bonds is 7. The van der Waals surface area contributed by atoms with Gasteiger partial charge in [-0.2, -0.15) is 0 Å². The number of nitrogens with zero attached hydrogens (tertiary/aromatic N) is 1. The minimum absolute atomic E-state index is 0.186. The SMILES string of the molecule is CCCCN(CCO)Cc1ccc(Cl)c(Cl)c1. The maximum absolute atomic E-state index is 9.02. The summed E-state index contributed by atoms with van der Waals surface area (Å²) >= 11 is 11.9. The van der Waals surface area contributed by atoms with Crippen LogP contribution in [0.2, 0.25) is 10.0 Å². The summed E-state index contributed by atoms with van der Waals surface area (Å²) in [5, 5.41) is 10.2. The third-order valence-electron chi connectivity index (χ3n) is 2.63. The van der Waals surface area contributed by atoms with Crippen molar-refractivity contribution in [1.29, 1.82) is 0 Å². The molecule has 0 aromatic heterocycles. The molecule has 1 aromatic rings. The van der Waals surface area contributed by atoms with Crippen LogP contribution >= 0.6 is 23.2 Å². The van der Waals surface area contributed by atoms with E-state index in [1.807, 2.05) is 18.2 Å². The number of hydrogen-bond donors (Lipinski definition) is 1. The van der Waals surface area contributed by atoms with Crippen molar-refractivity contribution in [3.05, 3.63) is 33.8 Å². The largest absolute Gasteiger partial charge is 0.395 e. The topological polar surface area (TPSA) is 23.5 Å². The Morgan fingerprint density at radius 1 is 1.18 bits per heavy atom. The molecule has 0 aliphatic rings. The smallest absolute Gasteiger partial charge is 0.0595 e. The highest BCUT2D eigenvalue weighted by Gasteiger charge is 2.06. The second-order valence-corrected chi connectivity index (χ2v) is 4.92. The molecule has 2 nitrogen and oxygen atoms in total. The molecular formula is C13H19Cl2NO. The molecule has 17 heavy (non-hydrogen) atoms. The zero-order valence-electron chi connectivity index (χ0n) is 10.1. The molecule has 0 unspecified atom stereocenters. The van der Waals surface area contributed by atoms with E-state index >= 15 is 0 Å². The van der Waals surface area contributed by atoms with Crippen molar-refractivity contribution in [3.8, 4) is 0 Å². The third-order valence-corrected chi connectivity index (χ3v) is 3.37. The Kier molecular flexibility index (Phi) is 6.90. The first-order chi connectivity index (χ1) is 8.17. The van der Waals surface area contributed by atoms with Gasteiger partial charge in [-0.25, -0.2) is 0 Å². The second kappa shape index (κ2) is 7.93. The minimum Gasteiger partial charge on any atom is -0.395 e. The summed E-state index contributed by atoms with van der Waals surface area (Å²) in [6.45, 7) is 4.84. The molecule has 0 heterocycles. The maximum Gasteiger partial charge on any atom is 0.0595 e. The fraction of sp³-hybridized carbons (Fsp3) is 0.538. The number of hydrogen-bond acceptors (Lipinski definition) is 2. The van der Waals surface area contributed by atoms with E-state index in [0.29, 0.717) is 16.6 Å². The van der Waals surface area contributed by atoms with E-state index in [4.69, 9.17) is 28.3 Å². The standard InChI is InChI=1S/C13H19Cl2NO/c1-2-3-6-16(7-8-17)10-11-4-5-12(14)13(15)9-11/h4-5,9,17H,2-3,6-8,10H2,1H3. The van der Waals surface area contributed by atoms with Gasteiger partial charge in [-0.05, 0) is 30.7 Å². The van der Waals surface area contributed by atoms with Gasteiger partial charge in [-0.15, -0.1) is 0 Å². The third kappa shape index (κ3) is 5.26. The van der Waals surface area contributed by atoms with Gasteiger partial charge in [0.25, 0.3) is 0 Å². The highest BCUT2D eigenvalue weighted by molar-refractivity contribution is 6.42. The van der Waals surface area contributed by atoms with Crippen molar-refractivity contribution in [1.82, 2.24) is 4.90 Å². The quantitative estimate of drug-likeness (QED) is 0.822. The summed E-state index contributed by atoms with van der Waals surface area (Å²) in [5.74, 6) is 0. The fourth-order valence-electron chi connectivity index (χ4n) is 1.69. The number of aliphatic hydroxyl groups excluding tert-OH is 1. The van der Waals surface area contributed by atoms with Crippen LogP contribution in [-0.2, 0) is 6.54 Å². The molecule has 0 radical (unpaired) electrons. The molecule has 0 aliphatic carbocycles. The molecule has 0 saturated heterocycles. The van der Waals surface area contributed by atoms with Gasteiger partial charge >= 0.3 is 0 Å². The first-order valence-corrected chi connectivity index (χ1v) is 6.70. The summed E-state index contributed by atoms with van der Waals surface area (Å²) in [6, 6.07) is 5.68. The van der Waals surface area contributed by atoms with Crippen molar-refractivity contribution < 1.29 is 5.11 Å². The summed E-state index contributed by atoms with van der Waals surface area (Å²) in [5.41, 5.74) is 1.13. The van der Waals surface area contributed by atoms with Gasteiger partial charge in [-0.1, -0.05) is 42.6 Å². The predicted molar refractivity (Wildman–Crippen MR) is 73.7 cm³/mol. The monoisotopic (exact) mass is 275 g/mol. The molecular weight excluding hydrogens is 257 g/mol. The Balaban J connectivity index is 2.61. The van der Waals surface area contributed by atoms with Crippen molar-refractivity contribution >= 4 is 23.2 Å². The first-order valence-electron chi connectivity index (χ1n) is 5.94. The summed E-state index contributed by atoms with van der Waals surface area (Å²) < 4.78 is 0. The average Bonchev–Trinajstić information content (AvgIpc) is 2.31. The lowest BCUT2D eigenvalue weighted by Gasteiger charge is -2.21. The van der Waals surface area contributed by atoms with Crippen LogP contribution in [0.5, 0.6) is 0 Å². The van der Waals surface area contributed by atoms with Gasteiger partial charge in [0.1, 0.15) is 0 Å². The van der Waals surface area contributed by atoms with Crippen LogP contribution in [0.3, 0.4) is 0 Å². The van der Waals surface area contributed by atoms with E-state index in [2.05, 4.69) is 11.8 Å². The molecule has 1 aromatic carbocycles. The van der Waals surface area contributed by atoms with Crippen LogP contribution in [0, 0.1) is 0 Å². The average molecular weight is 276 g/mol. The van der Waals surface area contributed by atoms with Crippen molar-refractivity contribution in [2.24, 2.45) is 0 Å². The van der Waals surface area contributed by atoms with E-state index < -0.39 is 0 Å². The van der Waals surface area contributed by atoms with Crippen LogP contribution in [0.15, 0.2) is 18.2 Å². The van der Waals surface area contributed by atoms with Gasteiger partial charge in [0.05, 0.1) is 16.7 Å². The van der Waals surface area contributed by atoms with E-state index in [1.54, 1.807) is 0 Å². The van der Waals surface area contributed by atoms with Gasteiger partial charge in [0.2, 0.25) is 0 Å². The number of aliphatic hydroxyl groups is 1. The molecule has 0 bridgehead atoms. The number of unbranched alkanes of at least 4 members (excludes halogenated alkanes) is 1. The highest BCUT2D eigenvalue weighted by Crippen LogP contribution is 2.23. The van der Waals surface area contributed by atoms with Crippen LogP contribution in [0.25, 0.3) is 0 Å². The number of halogens is 2. The zero-order valence-corrected chi connectivity index (χ0v) is 11.6. The second-order valence-electron chi connectivity index (χ2n) is 4.10. The molecule has 0 saturated carbocycles. The molecule has 1 N–H and O–H groups in total. The molecule has 96 valence electrons. The maximum atomic E-state index is 9.02. The normalized spacial score (nSPS) is 11.1. The summed E-state index contributed by atoms with van der Waals surface area (Å²) in [6.07, 6.45) is 2.30. The molecule has 0 amide bonds. The Morgan fingerprint density at radius 3 is 2.53 bits per heavy atom. The van der Waals surface area contributed by atoms with E-state index in [0.717, 1.165) is 31.5 Å². The van der Waals surface area contributed by atoms with E-state index in [1.165, 1.54) is 0 Å². The van der Waals surface area contributed by atoms with Gasteiger partial charge < -0.3 is 5.11 Å². The Morgan fingerprint density at radius 2 is 1.94 bits per heavy atom. The minimum atomic E-state index is 0.186.